The minimum Gasteiger partial charge on any atom is -0.483 e. The number of amides is 1. The van der Waals surface area contributed by atoms with Gasteiger partial charge in [-0.2, -0.15) is 0 Å². The third-order valence-electron chi connectivity index (χ3n) is 2.80. The summed E-state index contributed by atoms with van der Waals surface area (Å²) in [5, 5.41) is 0. The predicted octanol–water partition coefficient (Wildman–Crippen LogP) is 2.88. The van der Waals surface area contributed by atoms with Crippen molar-refractivity contribution in [2.24, 2.45) is 0 Å². The Labute approximate surface area is 115 Å². The molecular weight excluding hydrogens is 238 g/mol. The lowest BCUT2D eigenvalue weighted by Gasteiger charge is -2.20. The summed E-state index contributed by atoms with van der Waals surface area (Å²) in [6.45, 7) is 12.3. The van der Waals surface area contributed by atoms with Gasteiger partial charge >= 0.3 is 0 Å². The van der Waals surface area contributed by atoms with Gasteiger partial charge < -0.3 is 9.64 Å². The molecule has 0 unspecified atom stereocenters. The van der Waals surface area contributed by atoms with Crippen LogP contribution in [-0.2, 0) is 4.79 Å². The maximum atomic E-state index is 12.0. The normalized spacial score (nSPS) is 9.79. The van der Waals surface area contributed by atoms with Gasteiger partial charge in [0.15, 0.2) is 6.61 Å². The first-order valence-corrected chi connectivity index (χ1v) is 6.28. The Bertz CT molecular complexity index is 436. The minimum absolute atomic E-state index is 0.0351. The monoisotopic (exact) mass is 259 g/mol. The van der Waals surface area contributed by atoms with E-state index in [4.69, 9.17) is 4.74 Å². The quantitative estimate of drug-likeness (QED) is 0.705. The van der Waals surface area contributed by atoms with E-state index in [2.05, 4.69) is 13.2 Å². The van der Waals surface area contributed by atoms with E-state index in [1.165, 1.54) is 0 Å². The molecule has 3 nitrogen and oxygen atoms in total. The highest BCUT2D eigenvalue weighted by atomic mass is 16.5. The fourth-order valence-corrected chi connectivity index (χ4v) is 1.84. The average Bonchev–Trinajstić information content (AvgIpc) is 2.37. The van der Waals surface area contributed by atoms with Crippen LogP contribution >= 0.6 is 0 Å². The van der Waals surface area contributed by atoms with Crippen LogP contribution < -0.4 is 4.74 Å². The highest BCUT2D eigenvalue weighted by Crippen LogP contribution is 2.22. The molecule has 0 bridgehead atoms. The Morgan fingerprint density at radius 2 is 1.74 bits per heavy atom. The van der Waals surface area contributed by atoms with Crippen molar-refractivity contribution < 1.29 is 9.53 Å². The van der Waals surface area contributed by atoms with Crippen molar-refractivity contribution in [2.75, 3.05) is 19.7 Å². The lowest BCUT2D eigenvalue weighted by molar-refractivity contribution is -0.132. The van der Waals surface area contributed by atoms with Crippen molar-refractivity contribution in [3.05, 3.63) is 54.6 Å². The summed E-state index contributed by atoms with van der Waals surface area (Å²) in [6.07, 6.45) is 3.39. The number of carbonyl (C=O) groups excluding carboxylic acids is 1. The Morgan fingerprint density at radius 3 is 2.21 bits per heavy atom. The molecule has 3 heteroatoms. The van der Waals surface area contributed by atoms with E-state index in [1.807, 2.05) is 32.0 Å². The predicted molar refractivity (Wildman–Crippen MR) is 78.4 cm³/mol. The topological polar surface area (TPSA) is 29.5 Å². The molecule has 0 atom stereocenters. The molecule has 1 aromatic rings. The summed E-state index contributed by atoms with van der Waals surface area (Å²) in [5.41, 5.74) is 2.07. The Hall–Kier alpha value is -2.03. The third-order valence-corrected chi connectivity index (χ3v) is 2.80. The molecule has 0 radical (unpaired) electrons. The summed E-state index contributed by atoms with van der Waals surface area (Å²) < 4.78 is 5.64. The van der Waals surface area contributed by atoms with Crippen LogP contribution in [0.15, 0.2) is 43.5 Å². The van der Waals surface area contributed by atoms with Gasteiger partial charge in [0.2, 0.25) is 0 Å². The standard InChI is InChI=1S/C16H21NO2/c1-5-10-17(11-6-2)15(18)12-19-16-13(3)8-7-9-14(16)4/h5-9H,1-2,10-12H2,3-4H3. The van der Waals surface area contributed by atoms with Crippen LogP contribution in [0, 0.1) is 13.8 Å². The zero-order chi connectivity index (χ0) is 14.3. The van der Waals surface area contributed by atoms with E-state index in [-0.39, 0.29) is 12.5 Å². The highest BCUT2D eigenvalue weighted by molar-refractivity contribution is 5.78. The molecule has 0 saturated carbocycles. The third kappa shape index (κ3) is 4.28. The van der Waals surface area contributed by atoms with E-state index in [9.17, 15) is 4.79 Å². The van der Waals surface area contributed by atoms with Gasteiger partial charge in [-0.3, -0.25) is 4.79 Å². The second kappa shape index (κ2) is 7.41. The van der Waals surface area contributed by atoms with E-state index in [0.29, 0.717) is 13.1 Å². The van der Waals surface area contributed by atoms with E-state index in [0.717, 1.165) is 16.9 Å². The molecule has 0 aliphatic heterocycles. The Morgan fingerprint density at radius 1 is 1.21 bits per heavy atom. The van der Waals surface area contributed by atoms with Crippen LogP contribution in [0.2, 0.25) is 0 Å². The van der Waals surface area contributed by atoms with Gasteiger partial charge in [0.1, 0.15) is 5.75 Å². The number of hydrogen-bond donors (Lipinski definition) is 0. The van der Waals surface area contributed by atoms with Crippen LogP contribution in [0.3, 0.4) is 0 Å². The molecule has 102 valence electrons. The number of ether oxygens (including phenoxy) is 1. The summed E-state index contributed by atoms with van der Waals surface area (Å²) in [5.74, 6) is 0.718. The molecule has 0 heterocycles. The molecule has 0 spiro atoms. The van der Waals surface area contributed by atoms with E-state index >= 15 is 0 Å². The number of rotatable bonds is 7. The van der Waals surface area contributed by atoms with Crippen molar-refractivity contribution >= 4 is 5.91 Å². The lowest BCUT2D eigenvalue weighted by Crippen LogP contribution is -2.35. The number of carbonyl (C=O) groups is 1. The van der Waals surface area contributed by atoms with Crippen LogP contribution in [-0.4, -0.2) is 30.5 Å². The number of aryl methyl sites for hydroxylation is 2. The molecule has 1 rings (SSSR count). The molecule has 0 saturated heterocycles. The first kappa shape index (κ1) is 15.0. The van der Waals surface area contributed by atoms with Crippen molar-refractivity contribution in [3.63, 3.8) is 0 Å². The SMILES string of the molecule is C=CCN(CC=C)C(=O)COc1c(C)cccc1C. The maximum Gasteiger partial charge on any atom is 0.261 e. The van der Waals surface area contributed by atoms with Gasteiger partial charge in [0, 0.05) is 13.1 Å². The largest absolute Gasteiger partial charge is 0.483 e. The summed E-state index contributed by atoms with van der Waals surface area (Å²) in [4.78, 5) is 13.7. The second-order valence-corrected chi connectivity index (χ2v) is 4.39. The van der Waals surface area contributed by atoms with Crippen LogP contribution in [0.5, 0.6) is 5.75 Å². The molecule has 1 amide bonds. The first-order chi connectivity index (χ1) is 9.10. The van der Waals surface area contributed by atoms with E-state index < -0.39 is 0 Å². The second-order valence-electron chi connectivity index (χ2n) is 4.39. The number of hydrogen-bond acceptors (Lipinski definition) is 2. The highest BCUT2D eigenvalue weighted by Gasteiger charge is 2.12. The van der Waals surface area contributed by atoms with Crippen molar-refractivity contribution in [1.29, 1.82) is 0 Å². The van der Waals surface area contributed by atoms with Crippen molar-refractivity contribution in [3.8, 4) is 5.75 Å². The number of nitrogens with zero attached hydrogens (tertiary/aromatic N) is 1. The molecule has 0 aromatic heterocycles. The van der Waals surface area contributed by atoms with Gasteiger partial charge in [0.05, 0.1) is 0 Å². The molecule has 0 aliphatic rings. The smallest absolute Gasteiger partial charge is 0.261 e. The summed E-state index contributed by atoms with van der Waals surface area (Å²) in [7, 11) is 0. The number of benzene rings is 1. The first-order valence-electron chi connectivity index (χ1n) is 6.28. The molecule has 0 aliphatic carbocycles. The molecule has 0 N–H and O–H groups in total. The van der Waals surface area contributed by atoms with Gasteiger partial charge in [0.25, 0.3) is 5.91 Å². The Kier molecular flexibility index (Phi) is 5.86. The maximum absolute atomic E-state index is 12.0. The molecular formula is C16H21NO2. The van der Waals surface area contributed by atoms with Crippen LogP contribution in [0.4, 0.5) is 0 Å². The fourth-order valence-electron chi connectivity index (χ4n) is 1.84. The molecule has 1 aromatic carbocycles. The van der Waals surface area contributed by atoms with Crippen LogP contribution in [0.25, 0.3) is 0 Å². The van der Waals surface area contributed by atoms with Gasteiger partial charge in [-0.25, -0.2) is 0 Å². The van der Waals surface area contributed by atoms with Gasteiger partial charge in [-0.05, 0) is 25.0 Å². The van der Waals surface area contributed by atoms with Crippen molar-refractivity contribution in [1.82, 2.24) is 4.90 Å². The van der Waals surface area contributed by atoms with Crippen molar-refractivity contribution in [2.45, 2.75) is 13.8 Å². The van der Waals surface area contributed by atoms with Gasteiger partial charge in [-0.1, -0.05) is 30.4 Å². The lowest BCUT2D eigenvalue weighted by atomic mass is 10.1. The van der Waals surface area contributed by atoms with E-state index in [1.54, 1.807) is 17.1 Å². The summed E-state index contributed by atoms with van der Waals surface area (Å²) >= 11 is 0. The summed E-state index contributed by atoms with van der Waals surface area (Å²) in [6, 6.07) is 5.91. The molecule has 0 fully saturated rings. The fraction of sp³-hybridized carbons (Fsp3) is 0.312. The Balaban J connectivity index is 2.67. The molecule has 19 heavy (non-hydrogen) atoms. The van der Waals surface area contributed by atoms with Gasteiger partial charge in [-0.15, -0.1) is 13.2 Å². The average molecular weight is 259 g/mol. The zero-order valence-electron chi connectivity index (χ0n) is 11.7. The van der Waals surface area contributed by atoms with Crippen LogP contribution in [0.1, 0.15) is 11.1 Å². The zero-order valence-corrected chi connectivity index (χ0v) is 11.7. The number of para-hydroxylation sites is 1. The minimum atomic E-state index is -0.0672.